The zero-order valence-corrected chi connectivity index (χ0v) is 12.7. The summed E-state index contributed by atoms with van der Waals surface area (Å²) in [6, 6.07) is 4.48. The van der Waals surface area contributed by atoms with E-state index in [0.717, 1.165) is 5.56 Å². The van der Waals surface area contributed by atoms with Crippen molar-refractivity contribution in [2.75, 3.05) is 0 Å². The second kappa shape index (κ2) is 6.22. The van der Waals surface area contributed by atoms with Gasteiger partial charge in [0.1, 0.15) is 29.6 Å². The molecule has 0 aliphatic heterocycles. The van der Waals surface area contributed by atoms with Crippen LogP contribution >= 0.6 is 0 Å². The lowest BCUT2D eigenvalue weighted by Gasteiger charge is -2.21. The smallest absolute Gasteiger partial charge is 0.145 e. The van der Waals surface area contributed by atoms with Gasteiger partial charge in [-0.25, -0.2) is 9.02 Å². The minimum atomic E-state index is -0.285. The summed E-state index contributed by atoms with van der Waals surface area (Å²) >= 11 is 0. The molecule has 0 saturated heterocycles. The lowest BCUT2D eigenvalue weighted by atomic mass is 10.1. The summed E-state index contributed by atoms with van der Waals surface area (Å²) in [6.45, 7) is 8.71. The molecule has 2 aromatic rings. The first kappa shape index (κ1) is 15.4. The Morgan fingerprint density at radius 3 is 2.67 bits per heavy atom. The summed E-state index contributed by atoms with van der Waals surface area (Å²) < 4.78 is 23.8. The summed E-state index contributed by atoms with van der Waals surface area (Å²) in [5.41, 5.74) is 2.02. The average molecular weight is 293 g/mol. The molecule has 0 bridgehead atoms. The summed E-state index contributed by atoms with van der Waals surface area (Å²) in [5.74, 6) is 0.336. The maximum absolute atomic E-state index is 13.4. The highest BCUT2D eigenvalue weighted by atomic mass is 19.1. The van der Waals surface area contributed by atoms with E-state index in [1.807, 2.05) is 0 Å². The first-order chi connectivity index (χ1) is 9.85. The van der Waals surface area contributed by atoms with Crippen molar-refractivity contribution in [2.45, 2.75) is 46.4 Å². The van der Waals surface area contributed by atoms with Crippen LogP contribution in [0.25, 0.3) is 0 Å². The Hall–Kier alpha value is -1.95. The third kappa shape index (κ3) is 4.53. The minimum absolute atomic E-state index is 0.0593. The molecule has 0 saturated carbocycles. The van der Waals surface area contributed by atoms with E-state index in [1.54, 1.807) is 13.0 Å². The van der Waals surface area contributed by atoms with Crippen molar-refractivity contribution in [3.05, 3.63) is 41.0 Å². The van der Waals surface area contributed by atoms with Gasteiger partial charge in [-0.05, 0) is 45.9 Å². The molecular formula is C15H20FN3O2. The van der Waals surface area contributed by atoms with E-state index >= 15 is 0 Å². The normalized spacial score (nSPS) is 11.7. The van der Waals surface area contributed by atoms with Gasteiger partial charge in [-0.15, -0.1) is 0 Å². The van der Waals surface area contributed by atoms with Gasteiger partial charge in [0.2, 0.25) is 0 Å². The molecule has 1 aromatic heterocycles. The number of hydrogen-bond acceptors (Lipinski definition) is 5. The molecule has 5 nitrogen and oxygen atoms in total. The van der Waals surface area contributed by atoms with Crippen LogP contribution in [0.4, 0.5) is 4.39 Å². The van der Waals surface area contributed by atoms with Crippen molar-refractivity contribution >= 4 is 0 Å². The van der Waals surface area contributed by atoms with E-state index in [2.05, 4.69) is 41.0 Å². The Kier molecular flexibility index (Phi) is 4.57. The molecule has 21 heavy (non-hydrogen) atoms. The van der Waals surface area contributed by atoms with Crippen LogP contribution in [0.5, 0.6) is 5.75 Å². The van der Waals surface area contributed by atoms with Crippen LogP contribution in [0.15, 0.2) is 22.8 Å². The molecule has 0 aliphatic carbocycles. The molecule has 0 spiro atoms. The molecule has 0 unspecified atom stereocenters. The molecule has 114 valence electrons. The van der Waals surface area contributed by atoms with Crippen LogP contribution < -0.4 is 10.1 Å². The van der Waals surface area contributed by atoms with Crippen LogP contribution in [0.2, 0.25) is 0 Å². The number of nitrogens with one attached hydrogen (secondary N) is 1. The molecule has 2 rings (SSSR count). The molecule has 0 amide bonds. The van der Waals surface area contributed by atoms with E-state index in [0.29, 0.717) is 23.7 Å². The molecule has 1 heterocycles. The number of aromatic nitrogens is 2. The Labute approximate surface area is 123 Å². The lowest BCUT2D eigenvalue weighted by Crippen LogP contribution is -2.35. The van der Waals surface area contributed by atoms with Crippen molar-refractivity contribution in [1.29, 1.82) is 0 Å². The molecule has 0 atom stereocenters. The molecule has 6 heteroatoms. The van der Waals surface area contributed by atoms with Gasteiger partial charge in [0.25, 0.3) is 0 Å². The number of aryl methyl sites for hydroxylation is 1. The van der Waals surface area contributed by atoms with Crippen LogP contribution in [-0.2, 0) is 13.2 Å². The van der Waals surface area contributed by atoms with Gasteiger partial charge < -0.3 is 10.1 Å². The molecule has 0 radical (unpaired) electrons. The van der Waals surface area contributed by atoms with E-state index in [4.69, 9.17) is 4.74 Å². The first-order valence-corrected chi connectivity index (χ1v) is 6.79. The topological polar surface area (TPSA) is 60.2 Å². The summed E-state index contributed by atoms with van der Waals surface area (Å²) in [5, 5.41) is 10.8. The van der Waals surface area contributed by atoms with Crippen LogP contribution in [0.1, 0.15) is 37.7 Å². The van der Waals surface area contributed by atoms with Crippen molar-refractivity contribution in [1.82, 2.24) is 15.6 Å². The van der Waals surface area contributed by atoms with Gasteiger partial charge in [-0.3, -0.25) is 0 Å². The van der Waals surface area contributed by atoms with Gasteiger partial charge in [0, 0.05) is 17.6 Å². The standard InChI is InChI=1S/C15H20FN3O2/c1-10-13(19-21-18-10)9-20-14-6-5-12(16)7-11(14)8-17-15(2,3)4/h5-7,17H,8-9H2,1-4H3. The van der Waals surface area contributed by atoms with Crippen LogP contribution in [-0.4, -0.2) is 15.9 Å². The maximum atomic E-state index is 13.4. The number of benzene rings is 1. The second-order valence-electron chi connectivity index (χ2n) is 5.94. The van der Waals surface area contributed by atoms with Crippen LogP contribution in [0, 0.1) is 12.7 Å². The van der Waals surface area contributed by atoms with Gasteiger partial charge in [-0.2, -0.15) is 0 Å². The van der Waals surface area contributed by atoms with Crippen molar-refractivity contribution in [3.63, 3.8) is 0 Å². The maximum Gasteiger partial charge on any atom is 0.145 e. The number of rotatable bonds is 5. The van der Waals surface area contributed by atoms with Crippen molar-refractivity contribution < 1.29 is 13.8 Å². The summed E-state index contributed by atoms with van der Waals surface area (Å²) in [4.78, 5) is 0. The fourth-order valence-corrected chi connectivity index (χ4v) is 1.71. The zero-order valence-electron chi connectivity index (χ0n) is 12.7. The van der Waals surface area contributed by atoms with E-state index in [1.165, 1.54) is 12.1 Å². The number of ether oxygens (including phenoxy) is 1. The number of hydrogen-bond donors (Lipinski definition) is 1. The lowest BCUT2D eigenvalue weighted by molar-refractivity contribution is 0.267. The van der Waals surface area contributed by atoms with Crippen molar-refractivity contribution in [3.8, 4) is 5.75 Å². The minimum Gasteiger partial charge on any atom is -0.487 e. The van der Waals surface area contributed by atoms with Crippen LogP contribution in [0.3, 0.4) is 0 Å². The summed E-state index contributed by atoms with van der Waals surface area (Å²) in [7, 11) is 0. The third-order valence-electron chi connectivity index (χ3n) is 2.94. The first-order valence-electron chi connectivity index (χ1n) is 6.79. The van der Waals surface area contributed by atoms with E-state index in [-0.39, 0.29) is 18.0 Å². The predicted octanol–water partition coefficient (Wildman–Crippen LogP) is 2.98. The quantitative estimate of drug-likeness (QED) is 0.918. The SMILES string of the molecule is Cc1nonc1COc1ccc(F)cc1CNC(C)(C)C. The molecular weight excluding hydrogens is 273 g/mol. The highest BCUT2D eigenvalue weighted by molar-refractivity contribution is 5.34. The van der Waals surface area contributed by atoms with Gasteiger partial charge in [-0.1, -0.05) is 10.3 Å². The monoisotopic (exact) mass is 293 g/mol. The Bertz CT molecular complexity index is 605. The fraction of sp³-hybridized carbons (Fsp3) is 0.467. The average Bonchev–Trinajstić information content (AvgIpc) is 2.80. The largest absolute Gasteiger partial charge is 0.487 e. The van der Waals surface area contributed by atoms with E-state index < -0.39 is 0 Å². The number of nitrogens with zero attached hydrogens (tertiary/aromatic N) is 2. The zero-order chi connectivity index (χ0) is 15.5. The highest BCUT2D eigenvalue weighted by Crippen LogP contribution is 2.22. The predicted molar refractivity (Wildman–Crippen MR) is 76.4 cm³/mol. The van der Waals surface area contributed by atoms with E-state index in [9.17, 15) is 4.39 Å². The summed E-state index contributed by atoms with van der Waals surface area (Å²) in [6.07, 6.45) is 0. The van der Waals surface area contributed by atoms with Crippen molar-refractivity contribution in [2.24, 2.45) is 0 Å². The third-order valence-corrected chi connectivity index (χ3v) is 2.94. The molecule has 1 aromatic carbocycles. The Morgan fingerprint density at radius 2 is 2.05 bits per heavy atom. The van der Waals surface area contributed by atoms with Gasteiger partial charge >= 0.3 is 0 Å². The molecule has 0 fully saturated rings. The Morgan fingerprint density at radius 1 is 1.29 bits per heavy atom. The Balaban J connectivity index is 2.09. The fourth-order valence-electron chi connectivity index (χ4n) is 1.71. The number of halogens is 1. The molecule has 0 aliphatic rings. The van der Waals surface area contributed by atoms with Gasteiger partial charge in [0.15, 0.2) is 0 Å². The second-order valence-corrected chi connectivity index (χ2v) is 5.94. The highest BCUT2D eigenvalue weighted by Gasteiger charge is 2.13. The molecule has 1 N–H and O–H groups in total. The van der Waals surface area contributed by atoms with Gasteiger partial charge in [0.05, 0.1) is 0 Å².